The number of hydrogen-bond donors (Lipinski definition) is 1. The second-order valence-electron chi connectivity index (χ2n) is 9.23. The van der Waals surface area contributed by atoms with Gasteiger partial charge in [0.15, 0.2) is 0 Å². The number of aromatic nitrogens is 2. The fraction of sp³-hybridized carbons (Fsp3) is 0.783. The van der Waals surface area contributed by atoms with E-state index < -0.39 is 0 Å². The molecule has 1 aromatic heterocycles. The smallest absolute Gasteiger partial charge is 0.222 e. The lowest BCUT2D eigenvalue weighted by Gasteiger charge is -2.36. The van der Waals surface area contributed by atoms with E-state index in [9.17, 15) is 4.79 Å². The summed E-state index contributed by atoms with van der Waals surface area (Å²) in [6, 6.07) is 2.69. The Morgan fingerprint density at radius 3 is 2.53 bits per heavy atom. The lowest BCUT2D eigenvalue weighted by atomic mass is 9.92. The van der Waals surface area contributed by atoms with Gasteiger partial charge in [-0.05, 0) is 51.0 Å². The van der Waals surface area contributed by atoms with Crippen LogP contribution in [0.3, 0.4) is 0 Å². The molecule has 0 spiro atoms. The second kappa shape index (κ2) is 10.4. The third-order valence-electron chi connectivity index (χ3n) is 6.84. The van der Waals surface area contributed by atoms with Crippen LogP contribution in [-0.2, 0) is 4.79 Å². The van der Waals surface area contributed by atoms with Crippen molar-refractivity contribution < 1.29 is 4.79 Å². The van der Waals surface area contributed by atoms with E-state index in [4.69, 9.17) is 0 Å². The molecule has 3 aliphatic rings. The number of anilines is 2. The van der Waals surface area contributed by atoms with Gasteiger partial charge in [-0.3, -0.25) is 9.69 Å². The van der Waals surface area contributed by atoms with Gasteiger partial charge in [0.2, 0.25) is 5.91 Å². The molecule has 0 bridgehead atoms. The van der Waals surface area contributed by atoms with E-state index >= 15 is 0 Å². The fourth-order valence-corrected chi connectivity index (χ4v) is 4.57. The van der Waals surface area contributed by atoms with Gasteiger partial charge in [0, 0.05) is 57.8 Å². The van der Waals surface area contributed by atoms with Crippen LogP contribution in [0.2, 0.25) is 0 Å². The Labute approximate surface area is 181 Å². The second-order valence-corrected chi connectivity index (χ2v) is 9.23. The largest absolute Gasteiger partial charge is 0.367 e. The maximum absolute atomic E-state index is 12.7. The Hall–Kier alpha value is -1.89. The normalized spacial score (nSPS) is 21.1. The monoisotopic (exact) mass is 414 g/mol. The maximum atomic E-state index is 12.7. The van der Waals surface area contributed by atoms with Crippen molar-refractivity contribution in [3.63, 3.8) is 0 Å². The Balaban J connectivity index is 1.15. The van der Waals surface area contributed by atoms with Gasteiger partial charge < -0.3 is 15.1 Å². The third kappa shape index (κ3) is 6.06. The van der Waals surface area contributed by atoms with Gasteiger partial charge in [-0.25, -0.2) is 9.97 Å². The van der Waals surface area contributed by atoms with Crippen molar-refractivity contribution in [3.8, 4) is 0 Å². The highest BCUT2D eigenvalue weighted by atomic mass is 16.2. The Kier molecular flexibility index (Phi) is 7.42. The first-order valence-electron chi connectivity index (χ1n) is 12.0. The van der Waals surface area contributed by atoms with Crippen molar-refractivity contribution in [2.75, 3.05) is 56.0 Å². The molecule has 1 aromatic rings. The first-order valence-corrected chi connectivity index (χ1v) is 12.0. The van der Waals surface area contributed by atoms with Crippen molar-refractivity contribution in [1.82, 2.24) is 19.8 Å². The Morgan fingerprint density at radius 2 is 1.83 bits per heavy atom. The van der Waals surface area contributed by atoms with Crippen LogP contribution >= 0.6 is 0 Å². The summed E-state index contributed by atoms with van der Waals surface area (Å²) in [5.41, 5.74) is 0. The molecule has 0 atom stereocenters. The number of nitrogens with zero attached hydrogens (tertiary/aromatic N) is 5. The molecule has 1 amide bonds. The maximum Gasteiger partial charge on any atom is 0.222 e. The highest BCUT2D eigenvalue weighted by molar-refractivity contribution is 5.76. The molecule has 2 aliphatic heterocycles. The topological polar surface area (TPSA) is 64.6 Å². The van der Waals surface area contributed by atoms with Crippen LogP contribution in [0.5, 0.6) is 0 Å². The van der Waals surface area contributed by atoms with Crippen molar-refractivity contribution in [3.05, 3.63) is 12.4 Å². The van der Waals surface area contributed by atoms with Gasteiger partial charge in [0.25, 0.3) is 0 Å². The zero-order valence-corrected chi connectivity index (χ0v) is 18.6. The number of unbranched alkanes of at least 4 members (excludes halogenated alkanes) is 1. The average Bonchev–Trinajstić information content (AvgIpc) is 3.61. The number of nitrogens with one attached hydrogen (secondary N) is 1. The van der Waals surface area contributed by atoms with Crippen molar-refractivity contribution >= 4 is 17.5 Å². The summed E-state index contributed by atoms with van der Waals surface area (Å²) >= 11 is 0. The summed E-state index contributed by atoms with van der Waals surface area (Å²) in [6.45, 7) is 9.37. The molecule has 0 unspecified atom stereocenters. The van der Waals surface area contributed by atoms with E-state index in [1.807, 2.05) is 0 Å². The number of piperazine rings is 1. The molecule has 3 fully saturated rings. The summed E-state index contributed by atoms with van der Waals surface area (Å²) in [5.74, 6) is 3.00. The van der Waals surface area contributed by atoms with Crippen LogP contribution in [0.1, 0.15) is 58.3 Å². The molecule has 166 valence electrons. The van der Waals surface area contributed by atoms with Crippen LogP contribution < -0.4 is 10.2 Å². The quantitative estimate of drug-likeness (QED) is 0.670. The first-order chi connectivity index (χ1) is 14.7. The number of carbonyl (C=O) groups excluding carboxylic acids is 1. The number of carbonyl (C=O) groups is 1. The number of hydrogen-bond acceptors (Lipinski definition) is 6. The molecule has 3 heterocycles. The zero-order valence-electron chi connectivity index (χ0n) is 18.6. The Morgan fingerprint density at radius 1 is 1.07 bits per heavy atom. The van der Waals surface area contributed by atoms with E-state index in [2.05, 4.69) is 43.0 Å². The van der Waals surface area contributed by atoms with Crippen LogP contribution in [0, 0.1) is 5.92 Å². The van der Waals surface area contributed by atoms with Gasteiger partial charge in [-0.2, -0.15) is 0 Å². The molecule has 7 heteroatoms. The summed E-state index contributed by atoms with van der Waals surface area (Å²) in [6.07, 6.45) is 10.7. The van der Waals surface area contributed by atoms with E-state index in [0.717, 1.165) is 70.2 Å². The van der Waals surface area contributed by atoms with Gasteiger partial charge in [0.1, 0.15) is 18.0 Å². The minimum atomic E-state index is 0.360. The molecule has 1 saturated carbocycles. The highest BCUT2D eigenvalue weighted by Crippen LogP contribution is 2.28. The number of amides is 1. The molecular formula is C23H38N6O. The summed E-state index contributed by atoms with van der Waals surface area (Å²) in [5, 5.41) is 3.46. The minimum absolute atomic E-state index is 0.360. The molecule has 0 aromatic carbocycles. The SMILES string of the molecule is CCCCN1CCN(C(=O)CCC2CCN(c3cc(NC4CC4)ncn3)CC2)CC1. The minimum Gasteiger partial charge on any atom is -0.367 e. The zero-order chi connectivity index (χ0) is 20.8. The predicted molar refractivity (Wildman–Crippen MR) is 121 cm³/mol. The molecule has 0 radical (unpaired) electrons. The van der Waals surface area contributed by atoms with E-state index in [1.54, 1.807) is 6.33 Å². The van der Waals surface area contributed by atoms with Crippen molar-refractivity contribution in [1.29, 1.82) is 0 Å². The van der Waals surface area contributed by atoms with Crippen LogP contribution in [0.25, 0.3) is 0 Å². The van der Waals surface area contributed by atoms with Gasteiger partial charge in [-0.15, -0.1) is 0 Å². The molecule has 4 rings (SSSR count). The molecular weight excluding hydrogens is 376 g/mol. The third-order valence-corrected chi connectivity index (χ3v) is 6.84. The Bertz CT molecular complexity index is 678. The van der Waals surface area contributed by atoms with Crippen LogP contribution in [0.15, 0.2) is 12.4 Å². The lowest BCUT2D eigenvalue weighted by molar-refractivity contribution is -0.133. The van der Waals surface area contributed by atoms with Gasteiger partial charge >= 0.3 is 0 Å². The van der Waals surface area contributed by atoms with E-state index in [-0.39, 0.29) is 0 Å². The fourth-order valence-electron chi connectivity index (χ4n) is 4.57. The van der Waals surface area contributed by atoms with E-state index in [0.29, 0.717) is 24.3 Å². The summed E-state index contributed by atoms with van der Waals surface area (Å²) in [7, 11) is 0. The summed E-state index contributed by atoms with van der Waals surface area (Å²) in [4.78, 5) is 28.4. The molecule has 7 nitrogen and oxygen atoms in total. The molecule has 30 heavy (non-hydrogen) atoms. The number of piperidine rings is 1. The van der Waals surface area contributed by atoms with Crippen molar-refractivity contribution in [2.24, 2.45) is 5.92 Å². The van der Waals surface area contributed by atoms with Gasteiger partial charge in [0.05, 0.1) is 0 Å². The van der Waals surface area contributed by atoms with E-state index in [1.165, 1.54) is 32.2 Å². The summed E-state index contributed by atoms with van der Waals surface area (Å²) < 4.78 is 0. The standard InChI is InChI=1S/C23H38N6O/c1-2-3-10-27-13-15-29(16-14-27)23(30)7-4-19-8-11-28(12-9-19)22-17-21(24-18-25-22)26-20-5-6-20/h17-20H,2-16H2,1H3,(H,24,25,26). The van der Waals surface area contributed by atoms with Crippen LogP contribution in [0.4, 0.5) is 11.6 Å². The van der Waals surface area contributed by atoms with Crippen LogP contribution in [-0.4, -0.2) is 77.5 Å². The molecule has 2 saturated heterocycles. The molecule has 1 N–H and O–H groups in total. The number of rotatable bonds is 9. The molecule has 1 aliphatic carbocycles. The van der Waals surface area contributed by atoms with Gasteiger partial charge in [-0.1, -0.05) is 13.3 Å². The first kappa shape index (κ1) is 21.3. The van der Waals surface area contributed by atoms with Crippen molar-refractivity contribution in [2.45, 2.75) is 64.3 Å². The highest BCUT2D eigenvalue weighted by Gasteiger charge is 2.25. The average molecular weight is 415 g/mol. The predicted octanol–water partition coefficient (Wildman–Crippen LogP) is 2.99. The lowest BCUT2D eigenvalue weighted by Crippen LogP contribution is -2.48.